The molecule has 116 valence electrons. The highest BCUT2D eigenvalue weighted by Crippen LogP contribution is 2.24. The third kappa shape index (κ3) is 3.75. The zero-order valence-electron chi connectivity index (χ0n) is 12.7. The maximum absolute atomic E-state index is 12.4. The highest BCUT2D eigenvalue weighted by atomic mass is 16.5. The Morgan fingerprint density at radius 1 is 0.783 bits per heavy atom. The van der Waals surface area contributed by atoms with E-state index in [-0.39, 0.29) is 23.8 Å². The summed E-state index contributed by atoms with van der Waals surface area (Å²) in [6.45, 7) is 0. The highest BCUT2D eigenvalue weighted by Gasteiger charge is 2.24. The number of hydrogen-bond acceptors (Lipinski definition) is 3. The molecule has 1 aliphatic rings. The maximum atomic E-state index is 12.4. The summed E-state index contributed by atoms with van der Waals surface area (Å²) in [6, 6.07) is 18.2. The molecule has 0 N–H and O–H groups in total. The second kappa shape index (κ2) is 7.05. The predicted molar refractivity (Wildman–Crippen MR) is 88.3 cm³/mol. The molecule has 0 bridgehead atoms. The van der Waals surface area contributed by atoms with Gasteiger partial charge in [-0.15, -0.1) is 0 Å². The molecular weight excluding hydrogens is 288 g/mol. The standard InChI is InChI=1S/C20H18O3/c21-19(15-7-3-1-4-8-15)16-11-13-18(14-12-16)23-20(22)17-9-5-2-6-10-17/h1-11,13,16,18H,12,14H2. The van der Waals surface area contributed by atoms with Crippen LogP contribution in [-0.2, 0) is 4.74 Å². The van der Waals surface area contributed by atoms with E-state index in [4.69, 9.17) is 4.74 Å². The van der Waals surface area contributed by atoms with Crippen LogP contribution >= 0.6 is 0 Å². The molecule has 0 fully saturated rings. The van der Waals surface area contributed by atoms with E-state index in [2.05, 4.69) is 0 Å². The Labute approximate surface area is 135 Å². The van der Waals surface area contributed by atoms with Gasteiger partial charge in [-0.05, 0) is 31.1 Å². The number of ketones is 1. The second-order valence-corrected chi connectivity index (χ2v) is 5.61. The Balaban J connectivity index is 1.60. The first-order chi connectivity index (χ1) is 11.2. The van der Waals surface area contributed by atoms with E-state index < -0.39 is 0 Å². The fourth-order valence-electron chi connectivity index (χ4n) is 2.71. The van der Waals surface area contributed by atoms with Crippen LogP contribution in [-0.4, -0.2) is 17.9 Å². The Morgan fingerprint density at radius 2 is 1.39 bits per heavy atom. The normalized spacial score (nSPS) is 20.0. The molecule has 2 unspecified atom stereocenters. The van der Waals surface area contributed by atoms with Crippen LogP contribution in [0.25, 0.3) is 0 Å². The number of esters is 1. The topological polar surface area (TPSA) is 43.4 Å². The van der Waals surface area contributed by atoms with E-state index in [9.17, 15) is 9.59 Å². The number of allylic oxidation sites excluding steroid dienone is 1. The summed E-state index contributed by atoms with van der Waals surface area (Å²) in [5, 5.41) is 0. The van der Waals surface area contributed by atoms with Crippen molar-refractivity contribution >= 4 is 11.8 Å². The number of hydrogen-bond donors (Lipinski definition) is 0. The largest absolute Gasteiger partial charge is 0.455 e. The van der Waals surface area contributed by atoms with Crippen molar-refractivity contribution < 1.29 is 14.3 Å². The lowest BCUT2D eigenvalue weighted by Crippen LogP contribution is -2.24. The summed E-state index contributed by atoms with van der Waals surface area (Å²) in [5.41, 5.74) is 1.27. The van der Waals surface area contributed by atoms with Gasteiger partial charge in [-0.1, -0.05) is 54.6 Å². The first-order valence-corrected chi connectivity index (χ1v) is 7.77. The van der Waals surface area contributed by atoms with Gasteiger partial charge in [0.2, 0.25) is 0 Å². The summed E-state index contributed by atoms with van der Waals surface area (Å²) in [5.74, 6) is -0.341. The molecule has 0 saturated heterocycles. The quantitative estimate of drug-likeness (QED) is 0.486. The van der Waals surface area contributed by atoms with Gasteiger partial charge in [0.1, 0.15) is 6.10 Å². The van der Waals surface area contributed by atoms with Crippen LogP contribution in [0.2, 0.25) is 0 Å². The van der Waals surface area contributed by atoms with Gasteiger partial charge in [0.15, 0.2) is 5.78 Å². The molecule has 23 heavy (non-hydrogen) atoms. The van der Waals surface area contributed by atoms with E-state index >= 15 is 0 Å². The molecule has 3 heteroatoms. The Morgan fingerprint density at radius 3 is 1.96 bits per heavy atom. The van der Waals surface area contributed by atoms with Crippen LogP contribution in [0.4, 0.5) is 0 Å². The summed E-state index contributed by atoms with van der Waals surface area (Å²) < 4.78 is 5.47. The lowest BCUT2D eigenvalue weighted by atomic mass is 9.88. The number of rotatable bonds is 4. The van der Waals surface area contributed by atoms with E-state index in [1.807, 2.05) is 60.7 Å². The smallest absolute Gasteiger partial charge is 0.338 e. The highest BCUT2D eigenvalue weighted by molar-refractivity contribution is 5.99. The van der Waals surface area contributed by atoms with Gasteiger partial charge in [0.05, 0.1) is 5.56 Å². The number of carbonyl (C=O) groups excluding carboxylic acids is 2. The summed E-state index contributed by atoms with van der Waals surface area (Å²) in [7, 11) is 0. The van der Waals surface area contributed by atoms with Gasteiger partial charge >= 0.3 is 5.97 Å². The zero-order valence-corrected chi connectivity index (χ0v) is 12.7. The molecule has 0 spiro atoms. The molecule has 2 aromatic carbocycles. The first kappa shape index (κ1) is 15.2. The van der Waals surface area contributed by atoms with Crippen molar-refractivity contribution in [1.82, 2.24) is 0 Å². The Hall–Kier alpha value is -2.68. The zero-order chi connectivity index (χ0) is 16.1. The number of ether oxygens (including phenoxy) is 1. The van der Waals surface area contributed by atoms with Crippen molar-refractivity contribution in [3.05, 3.63) is 83.9 Å². The first-order valence-electron chi connectivity index (χ1n) is 7.77. The van der Waals surface area contributed by atoms with Crippen molar-refractivity contribution in [3.8, 4) is 0 Å². The Bertz CT molecular complexity index is 704. The van der Waals surface area contributed by atoms with Crippen LogP contribution in [0.15, 0.2) is 72.8 Å². The van der Waals surface area contributed by atoms with Crippen molar-refractivity contribution in [2.75, 3.05) is 0 Å². The maximum Gasteiger partial charge on any atom is 0.338 e. The van der Waals surface area contributed by atoms with Gasteiger partial charge in [0, 0.05) is 11.5 Å². The van der Waals surface area contributed by atoms with Crippen LogP contribution < -0.4 is 0 Å². The monoisotopic (exact) mass is 306 g/mol. The molecule has 0 amide bonds. The molecule has 3 rings (SSSR count). The number of benzene rings is 2. The van der Waals surface area contributed by atoms with Gasteiger partial charge in [-0.2, -0.15) is 0 Å². The minimum absolute atomic E-state index is 0.120. The average molecular weight is 306 g/mol. The summed E-state index contributed by atoms with van der Waals surface area (Å²) in [6.07, 6.45) is 4.79. The lowest BCUT2D eigenvalue weighted by Gasteiger charge is -2.22. The van der Waals surface area contributed by atoms with Crippen molar-refractivity contribution in [3.63, 3.8) is 0 Å². The van der Waals surface area contributed by atoms with Crippen molar-refractivity contribution in [2.45, 2.75) is 18.9 Å². The molecule has 3 nitrogen and oxygen atoms in total. The van der Waals surface area contributed by atoms with Gasteiger partial charge < -0.3 is 4.74 Å². The number of Topliss-reactive ketones (excluding diaryl/α,β-unsaturated/α-hetero) is 1. The molecule has 0 aliphatic heterocycles. The third-order valence-electron chi connectivity index (χ3n) is 3.98. The van der Waals surface area contributed by atoms with E-state index in [1.54, 1.807) is 12.1 Å². The van der Waals surface area contributed by atoms with E-state index in [0.717, 1.165) is 5.56 Å². The summed E-state index contributed by atoms with van der Waals surface area (Å²) >= 11 is 0. The molecule has 2 aromatic rings. The molecule has 0 aromatic heterocycles. The molecule has 1 aliphatic carbocycles. The number of carbonyl (C=O) groups is 2. The van der Waals surface area contributed by atoms with E-state index in [0.29, 0.717) is 18.4 Å². The molecule has 2 atom stereocenters. The summed E-state index contributed by atoms with van der Waals surface area (Å²) in [4.78, 5) is 24.4. The Kier molecular flexibility index (Phi) is 4.67. The molecule has 0 radical (unpaired) electrons. The fourth-order valence-corrected chi connectivity index (χ4v) is 2.71. The third-order valence-corrected chi connectivity index (χ3v) is 3.98. The second-order valence-electron chi connectivity index (χ2n) is 5.61. The van der Waals surface area contributed by atoms with Crippen molar-refractivity contribution in [2.24, 2.45) is 5.92 Å². The van der Waals surface area contributed by atoms with Crippen LogP contribution in [0, 0.1) is 5.92 Å². The van der Waals surface area contributed by atoms with Crippen LogP contribution in [0.3, 0.4) is 0 Å². The predicted octanol–water partition coefficient (Wildman–Crippen LogP) is 4.06. The van der Waals surface area contributed by atoms with Gasteiger partial charge in [-0.3, -0.25) is 4.79 Å². The SMILES string of the molecule is O=C(OC1C=CC(C(=O)c2ccccc2)CC1)c1ccccc1. The minimum atomic E-state index is -0.326. The molecule has 0 heterocycles. The van der Waals surface area contributed by atoms with Crippen LogP contribution in [0.1, 0.15) is 33.6 Å². The lowest BCUT2D eigenvalue weighted by molar-refractivity contribution is 0.0361. The van der Waals surface area contributed by atoms with Gasteiger partial charge in [0.25, 0.3) is 0 Å². The molecular formula is C20H18O3. The van der Waals surface area contributed by atoms with Gasteiger partial charge in [-0.25, -0.2) is 4.79 Å². The molecule has 0 saturated carbocycles. The van der Waals surface area contributed by atoms with E-state index in [1.165, 1.54) is 0 Å². The van der Waals surface area contributed by atoms with Crippen LogP contribution in [0.5, 0.6) is 0 Å². The minimum Gasteiger partial charge on any atom is -0.455 e. The fraction of sp³-hybridized carbons (Fsp3) is 0.200. The average Bonchev–Trinajstić information content (AvgIpc) is 2.63. The van der Waals surface area contributed by atoms with Crippen molar-refractivity contribution in [1.29, 1.82) is 0 Å².